The molecule has 0 radical (unpaired) electrons. The van der Waals surface area contributed by atoms with Crippen LogP contribution in [0.2, 0.25) is 5.15 Å². The number of hydrogen-bond acceptors (Lipinski definition) is 4. The lowest BCUT2D eigenvalue weighted by molar-refractivity contribution is -0.131. The number of carbonyl (C=O) groups excluding carboxylic acids is 1. The van der Waals surface area contributed by atoms with E-state index in [1.807, 2.05) is 0 Å². The second-order valence-corrected chi connectivity index (χ2v) is 6.99. The summed E-state index contributed by atoms with van der Waals surface area (Å²) in [6.07, 6.45) is 1.15. The van der Waals surface area contributed by atoms with Gasteiger partial charge in [0.2, 0.25) is 15.9 Å². The van der Waals surface area contributed by atoms with Gasteiger partial charge >= 0.3 is 0 Å². The van der Waals surface area contributed by atoms with E-state index in [0.717, 1.165) is 6.20 Å². The van der Waals surface area contributed by atoms with Gasteiger partial charge in [-0.05, 0) is 18.1 Å². The summed E-state index contributed by atoms with van der Waals surface area (Å²) in [4.78, 5) is 17.1. The Morgan fingerprint density at radius 1 is 1.35 bits per heavy atom. The van der Waals surface area contributed by atoms with Crippen LogP contribution in [0.15, 0.2) is 23.2 Å². The van der Waals surface area contributed by atoms with Gasteiger partial charge in [0, 0.05) is 20.3 Å². The molecule has 112 valence electrons. The molecule has 0 fully saturated rings. The van der Waals surface area contributed by atoms with Crippen LogP contribution in [-0.4, -0.2) is 44.3 Å². The molecule has 1 heterocycles. The van der Waals surface area contributed by atoms with Crippen molar-refractivity contribution in [2.75, 3.05) is 14.1 Å². The largest absolute Gasteiger partial charge is 0.347 e. The maximum Gasteiger partial charge on any atom is 0.242 e. The second-order valence-electron chi connectivity index (χ2n) is 4.89. The number of halogens is 1. The zero-order valence-electron chi connectivity index (χ0n) is 11.8. The molecule has 1 N–H and O–H groups in total. The van der Waals surface area contributed by atoms with Crippen LogP contribution in [0.4, 0.5) is 0 Å². The topological polar surface area (TPSA) is 79.4 Å². The standard InChI is InChI=1S/C12H18ClN3O3S/c1-8(2)11(12(17)16(3)4)15-20(18,19)9-5-6-10(13)14-7-9/h5-8,11,15H,1-4H3/t11-/m1/s1. The maximum absolute atomic E-state index is 12.2. The number of nitrogens with zero attached hydrogens (tertiary/aromatic N) is 2. The van der Waals surface area contributed by atoms with Crippen LogP contribution in [0.25, 0.3) is 0 Å². The molecule has 0 spiro atoms. The van der Waals surface area contributed by atoms with E-state index in [-0.39, 0.29) is 21.9 Å². The first-order valence-electron chi connectivity index (χ1n) is 6.00. The van der Waals surface area contributed by atoms with E-state index in [2.05, 4.69) is 9.71 Å². The molecule has 0 unspecified atom stereocenters. The highest BCUT2D eigenvalue weighted by Gasteiger charge is 2.29. The van der Waals surface area contributed by atoms with Gasteiger partial charge in [-0.3, -0.25) is 4.79 Å². The van der Waals surface area contributed by atoms with Gasteiger partial charge in [-0.25, -0.2) is 13.4 Å². The first-order chi connectivity index (χ1) is 9.15. The molecule has 1 atom stereocenters. The number of likely N-dealkylation sites (N-methyl/N-ethyl adjacent to an activating group) is 1. The average Bonchev–Trinajstić information content (AvgIpc) is 2.35. The van der Waals surface area contributed by atoms with Gasteiger partial charge in [-0.2, -0.15) is 4.72 Å². The smallest absolute Gasteiger partial charge is 0.242 e. The Hall–Kier alpha value is -1.18. The van der Waals surface area contributed by atoms with E-state index in [4.69, 9.17) is 11.6 Å². The third-order valence-corrected chi connectivity index (χ3v) is 4.32. The summed E-state index contributed by atoms with van der Waals surface area (Å²) in [5.41, 5.74) is 0. The Balaban J connectivity index is 3.03. The van der Waals surface area contributed by atoms with Crippen molar-refractivity contribution in [1.29, 1.82) is 0 Å². The van der Waals surface area contributed by atoms with Crippen molar-refractivity contribution in [3.05, 3.63) is 23.5 Å². The van der Waals surface area contributed by atoms with E-state index < -0.39 is 16.1 Å². The molecule has 0 aliphatic carbocycles. The molecule has 0 saturated carbocycles. The first-order valence-corrected chi connectivity index (χ1v) is 7.86. The van der Waals surface area contributed by atoms with Crippen molar-refractivity contribution >= 4 is 27.5 Å². The average molecular weight is 320 g/mol. The minimum Gasteiger partial charge on any atom is -0.347 e. The minimum absolute atomic E-state index is 0.0286. The molecule has 0 aliphatic rings. The van der Waals surface area contributed by atoms with Gasteiger partial charge in [0.1, 0.15) is 16.1 Å². The number of pyridine rings is 1. The third kappa shape index (κ3) is 4.16. The quantitative estimate of drug-likeness (QED) is 0.825. The van der Waals surface area contributed by atoms with Crippen molar-refractivity contribution in [3.63, 3.8) is 0 Å². The van der Waals surface area contributed by atoms with Crippen molar-refractivity contribution in [2.45, 2.75) is 24.8 Å². The Labute approximate surface area is 124 Å². The molecule has 0 bridgehead atoms. The first kappa shape index (κ1) is 16.9. The summed E-state index contributed by atoms with van der Waals surface area (Å²) < 4.78 is 26.8. The minimum atomic E-state index is -3.82. The monoisotopic (exact) mass is 319 g/mol. The number of nitrogens with one attached hydrogen (secondary N) is 1. The zero-order chi connectivity index (χ0) is 15.5. The number of carbonyl (C=O) groups is 1. The maximum atomic E-state index is 12.2. The van der Waals surface area contributed by atoms with Gasteiger partial charge in [0.25, 0.3) is 0 Å². The van der Waals surface area contributed by atoms with E-state index in [0.29, 0.717) is 0 Å². The molecular weight excluding hydrogens is 302 g/mol. The van der Waals surface area contributed by atoms with Crippen LogP contribution in [0.1, 0.15) is 13.8 Å². The van der Waals surface area contributed by atoms with Crippen LogP contribution in [0.5, 0.6) is 0 Å². The number of hydrogen-bond donors (Lipinski definition) is 1. The molecule has 1 rings (SSSR count). The molecule has 1 aromatic rings. The lowest BCUT2D eigenvalue weighted by Crippen LogP contribution is -2.49. The van der Waals surface area contributed by atoms with Crippen LogP contribution >= 0.6 is 11.6 Å². The van der Waals surface area contributed by atoms with Gasteiger partial charge in [0.05, 0.1) is 0 Å². The van der Waals surface area contributed by atoms with E-state index in [1.54, 1.807) is 27.9 Å². The summed E-state index contributed by atoms with van der Waals surface area (Å²) in [7, 11) is -0.660. The highest BCUT2D eigenvalue weighted by molar-refractivity contribution is 7.89. The van der Waals surface area contributed by atoms with Gasteiger partial charge in [0.15, 0.2) is 0 Å². The summed E-state index contributed by atoms with van der Waals surface area (Å²) in [6.45, 7) is 3.55. The Morgan fingerprint density at radius 3 is 2.35 bits per heavy atom. The van der Waals surface area contributed by atoms with Crippen molar-refractivity contribution in [1.82, 2.24) is 14.6 Å². The molecule has 1 amide bonds. The highest BCUT2D eigenvalue weighted by atomic mass is 35.5. The predicted molar refractivity (Wildman–Crippen MR) is 76.9 cm³/mol. The normalized spacial score (nSPS) is 13.3. The molecule has 1 aromatic heterocycles. The molecule has 6 nitrogen and oxygen atoms in total. The fraction of sp³-hybridized carbons (Fsp3) is 0.500. The van der Waals surface area contributed by atoms with Crippen molar-refractivity contribution in [2.24, 2.45) is 5.92 Å². The summed E-state index contributed by atoms with van der Waals surface area (Å²) in [5.74, 6) is -0.481. The number of sulfonamides is 1. The molecule has 20 heavy (non-hydrogen) atoms. The lowest BCUT2D eigenvalue weighted by atomic mass is 10.0. The predicted octanol–water partition coefficient (Wildman–Crippen LogP) is 1.13. The van der Waals surface area contributed by atoms with Crippen molar-refractivity contribution in [3.8, 4) is 0 Å². The Bertz CT molecular complexity index is 570. The summed E-state index contributed by atoms with van der Waals surface area (Å²) in [6, 6.07) is 1.90. The fourth-order valence-corrected chi connectivity index (χ4v) is 2.90. The van der Waals surface area contributed by atoms with E-state index >= 15 is 0 Å². The zero-order valence-corrected chi connectivity index (χ0v) is 13.4. The lowest BCUT2D eigenvalue weighted by Gasteiger charge is -2.24. The van der Waals surface area contributed by atoms with E-state index in [9.17, 15) is 13.2 Å². The van der Waals surface area contributed by atoms with Crippen LogP contribution < -0.4 is 4.72 Å². The van der Waals surface area contributed by atoms with Crippen LogP contribution in [0.3, 0.4) is 0 Å². The highest BCUT2D eigenvalue weighted by Crippen LogP contribution is 2.14. The van der Waals surface area contributed by atoms with E-state index in [1.165, 1.54) is 17.0 Å². The van der Waals surface area contributed by atoms with Crippen LogP contribution in [0, 0.1) is 5.92 Å². The molecular formula is C12H18ClN3O3S. The summed E-state index contributed by atoms with van der Waals surface area (Å²) >= 11 is 5.62. The van der Waals surface area contributed by atoms with Crippen molar-refractivity contribution < 1.29 is 13.2 Å². The molecule has 0 aliphatic heterocycles. The fourth-order valence-electron chi connectivity index (χ4n) is 1.51. The SMILES string of the molecule is CC(C)[C@@H](NS(=O)(=O)c1ccc(Cl)nc1)C(=O)N(C)C. The van der Waals surface area contributed by atoms with Crippen LogP contribution in [-0.2, 0) is 14.8 Å². The molecule has 0 saturated heterocycles. The summed E-state index contributed by atoms with van der Waals surface area (Å²) in [5, 5.41) is 0.203. The Morgan fingerprint density at radius 2 is 1.95 bits per heavy atom. The van der Waals surface area contributed by atoms with Gasteiger partial charge in [-0.15, -0.1) is 0 Å². The van der Waals surface area contributed by atoms with Gasteiger partial charge < -0.3 is 4.90 Å². The molecule has 0 aromatic carbocycles. The molecule has 8 heteroatoms. The Kier molecular flexibility index (Phi) is 5.50. The second kappa shape index (κ2) is 6.51. The number of amides is 1. The third-order valence-electron chi connectivity index (χ3n) is 2.67. The number of rotatable bonds is 5. The number of aromatic nitrogens is 1. The van der Waals surface area contributed by atoms with Gasteiger partial charge in [-0.1, -0.05) is 25.4 Å².